The molecule has 1 fully saturated rings. The number of nitrogens with one attached hydrogen (secondary N) is 2. The number of rotatable bonds is 5. The summed E-state index contributed by atoms with van der Waals surface area (Å²) in [4.78, 5) is 46.1. The van der Waals surface area contributed by atoms with Gasteiger partial charge in [0.05, 0.1) is 10.9 Å². The first-order valence-electron chi connectivity index (χ1n) is 10.0. The van der Waals surface area contributed by atoms with Gasteiger partial charge in [-0.1, -0.05) is 42.1 Å². The summed E-state index contributed by atoms with van der Waals surface area (Å²) in [5, 5.41) is 5.48. The summed E-state index contributed by atoms with van der Waals surface area (Å²) in [6, 6.07) is 7.29. The lowest BCUT2D eigenvalue weighted by Gasteiger charge is -2.29. The summed E-state index contributed by atoms with van der Waals surface area (Å²) in [7, 11) is 1.24. The van der Waals surface area contributed by atoms with Crippen LogP contribution in [0.3, 0.4) is 0 Å². The zero-order valence-corrected chi connectivity index (χ0v) is 19.6. The molecule has 0 saturated carbocycles. The van der Waals surface area contributed by atoms with Crippen LogP contribution in [0.15, 0.2) is 57.4 Å². The maximum atomic E-state index is 13.4. The third-order valence-electron chi connectivity index (χ3n) is 5.31. The maximum Gasteiger partial charge on any atom is 0.407 e. The molecular formula is C21H22BrN5O4S. The second-order valence-electron chi connectivity index (χ2n) is 7.34. The van der Waals surface area contributed by atoms with E-state index < -0.39 is 18.2 Å². The summed E-state index contributed by atoms with van der Waals surface area (Å²) in [5.41, 5.74) is 0.614. The highest BCUT2D eigenvalue weighted by atomic mass is 79.9. The van der Waals surface area contributed by atoms with Gasteiger partial charge in [-0.05, 0) is 34.3 Å². The van der Waals surface area contributed by atoms with Crippen LogP contribution < -0.4 is 10.6 Å². The molecule has 168 valence electrons. The summed E-state index contributed by atoms with van der Waals surface area (Å²) < 4.78 is 5.68. The quantitative estimate of drug-likeness (QED) is 0.619. The van der Waals surface area contributed by atoms with E-state index in [-0.39, 0.29) is 17.2 Å². The van der Waals surface area contributed by atoms with E-state index in [1.807, 2.05) is 17.2 Å². The van der Waals surface area contributed by atoms with Gasteiger partial charge < -0.3 is 25.2 Å². The van der Waals surface area contributed by atoms with Gasteiger partial charge in [0.1, 0.15) is 23.3 Å². The zero-order chi connectivity index (χ0) is 22.7. The normalized spacial score (nSPS) is 22.6. The van der Waals surface area contributed by atoms with E-state index in [4.69, 9.17) is 4.74 Å². The molecular weight excluding hydrogens is 498 g/mol. The number of benzene rings is 1. The molecule has 0 aromatic heterocycles. The van der Waals surface area contributed by atoms with Crippen molar-refractivity contribution < 1.29 is 19.1 Å². The van der Waals surface area contributed by atoms with Crippen LogP contribution in [-0.4, -0.2) is 59.0 Å². The molecule has 0 aliphatic carbocycles. The second kappa shape index (κ2) is 9.78. The molecule has 3 aliphatic heterocycles. The average molecular weight is 520 g/mol. The van der Waals surface area contributed by atoms with E-state index in [2.05, 4.69) is 31.6 Å². The van der Waals surface area contributed by atoms with Gasteiger partial charge in [-0.25, -0.2) is 9.79 Å². The number of methoxy groups -OCH3 is 1. The van der Waals surface area contributed by atoms with Crippen LogP contribution in [0, 0.1) is 0 Å². The fraction of sp³-hybridized carbons (Fsp3) is 0.333. The third kappa shape index (κ3) is 4.83. The van der Waals surface area contributed by atoms with Crippen molar-refractivity contribution in [2.45, 2.75) is 30.3 Å². The molecule has 1 aromatic rings. The fourth-order valence-corrected chi connectivity index (χ4v) is 5.38. The summed E-state index contributed by atoms with van der Waals surface area (Å²) >= 11 is 5.06. The minimum atomic E-state index is -0.950. The Hall–Kier alpha value is -2.79. The topological polar surface area (TPSA) is 103 Å². The lowest BCUT2D eigenvalue weighted by Crippen LogP contribution is -2.50. The van der Waals surface area contributed by atoms with Crippen LogP contribution in [0.2, 0.25) is 0 Å². The molecule has 0 spiro atoms. The van der Waals surface area contributed by atoms with Crippen molar-refractivity contribution in [3.63, 3.8) is 0 Å². The van der Waals surface area contributed by atoms with Gasteiger partial charge in [0.25, 0.3) is 5.91 Å². The van der Waals surface area contributed by atoms with E-state index >= 15 is 0 Å². The van der Waals surface area contributed by atoms with Gasteiger partial charge in [-0.3, -0.25) is 9.59 Å². The van der Waals surface area contributed by atoms with Gasteiger partial charge in [0.2, 0.25) is 5.91 Å². The van der Waals surface area contributed by atoms with Gasteiger partial charge >= 0.3 is 6.09 Å². The first-order valence-corrected chi connectivity index (χ1v) is 11.7. The number of likely N-dealkylation sites (tertiary alicyclic amines) is 1. The molecule has 32 heavy (non-hydrogen) atoms. The Labute approximate surface area is 198 Å². The molecule has 1 saturated heterocycles. The number of aliphatic imine (C=N–C) groups is 1. The SMILES string of the molecule is COC(=O)NC(C(=O)N1CCCC1C(=O)NC1=CN2C=C(Br)SC2C=N1)c1ccccc1. The lowest BCUT2D eigenvalue weighted by molar-refractivity contribution is -0.139. The molecule has 0 bridgehead atoms. The van der Waals surface area contributed by atoms with Crippen molar-refractivity contribution in [3.05, 3.63) is 57.9 Å². The van der Waals surface area contributed by atoms with Gasteiger partial charge in [0.15, 0.2) is 0 Å². The number of ether oxygens (including phenoxy) is 1. The molecule has 3 heterocycles. The Bertz CT molecular complexity index is 999. The number of carbonyl (C=O) groups excluding carboxylic acids is 3. The molecule has 11 heteroatoms. The molecule has 9 nitrogen and oxygen atoms in total. The van der Waals surface area contributed by atoms with Crippen LogP contribution in [0.5, 0.6) is 0 Å². The summed E-state index contributed by atoms with van der Waals surface area (Å²) in [6.45, 7) is 0.423. The van der Waals surface area contributed by atoms with Crippen molar-refractivity contribution in [3.8, 4) is 0 Å². The Morgan fingerprint density at radius 3 is 2.78 bits per heavy atom. The van der Waals surface area contributed by atoms with Gasteiger partial charge in [0, 0.05) is 25.2 Å². The Kier molecular flexibility index (Phi) is 6.85. The summed E-state index contributed by atoms with van der Waals surface area (Å²) in [6.07, 6.45) is 5.94. The molecule has 1 aromatic carbocycles. The smallest absolute Gasteiger partial charge is 0.407 e. The van der Waals surface area contributed by atoms with E-state index in [1.54, 1.807) is 48.4 Å². The highest BCUT2D eigenvalue weighted by Gasteiger charge is 2.39. The van der Waals surface area contributed by atoms with Crippen molar-refractivity contribution in [2.24, 2.45) is 4.99 Å². The number of halogens is 1. The van der Waals surface area contributed by atoms with Crippen LogP contribution in [0.25, 0.3) is 0 Å². The minimum absolute atomic E-state index is 0.0608. The van der Waals surface area contributed by atoms with Gasteiger partial charge in [-0.15, -0.1) is 0 Å². The molecule has 3 amide bonds. The summed E-state index contributed by atoms with van der Waals surface area (Å²) in [5.74, 6) is -0.252. The van der Waals surface area contributed by atoms with E-state index in [1.165, 1.54) is 12.0 Å². The fourth-order valence-electron chi connectivity index (χ4n) is 3.79. The van der Waals surface area contributed by atoms with Crippen LogP contribution in [0.4, 0.5) is 4.79 Å². The van der Waals surface area contributed by atoms with E-state index in [0.29, 0.717) is 30.8 Å². The number of alkyl carbamates (subject to hydrolysis) is 1. The number of carbonyl (C=O) groups is 3. The number of hydrogen-bond donors (Lipinski definition) is 2. The van der Waals surface area contributed by atoms with Crippen molar-refractivity contribution in [2.75, 3.05) is 13.7 Å². The number of nitrogens with zero attached hydrogens (tertiary/aromatic N) is 3. The second-order valence-corrected chi connectivity index (χ2v) is 9.88. The third-order valence-corrected chi connectivity index (χ3v) is 7.01. The van der Waals surface area contributed by atoms with Crippen LogP contribution in [-0.2, 0) is 14.3 Å². The Balaban J connectivity index is 1.48. The van der Waals surface area contributed by atoms with Crippen molar-refractivity contribution >= 4 is 51.8 Å². The largest absolute Gasteiger partial charge is 0.453 e. The predicted molar refractivity (Wildman–Crippen MR) is 124 cm³/mol. The molecule has 4 rings (SSSR count). The first-order chi connectivity index (χ1) is 15.5. The van der Waals surface area contributed by atoms with Crippen molar-refractivity contribution in [1.29, 1.82) is 0 Å². The maximum absolute atomic E-state index is 13.4. The predicted octanol–water partition coefficient (Wildman–Crippen LogP) is 2.64. The van der Waals surface area contributed by atoms with Crippen molar-refractivity contribution in [1.82, 2.24) is 20.4 Å². The van der Waals surface area contributed by atoms with Crippen LogP contribution in [0.1, 0.15) is 24.4 Å². The molecule has 3 unspecified atom stereocenters. The highest BCUT2D eigenvalue weighted by Crippen LogP contribution is 2.37. The van der Waals surface area contributed by atoms with E-state index in [9.17, 15) is 14.4 Å². The average Bonchev–Trinajstić information content (AvgIpc) is 3.43. The Morgan fingerprint density at radius 2 is 2.03 bits per heavy atom. The molecule has 2 N–H and O–H groups in total. The molecule has 3 atom stereocenters. The van der Waals surface area contributed by atoms with E-state index in [0.717, 1.165) is 3.81 Å². The standard InChI is InChI=1S/C21H22BrN5O4S/c1-31-21(30)25-18(13-6-3-2-4-7-13)20(29)27-9-5-8-14(27)19(28)24-16-12-26-11-15(22)32-17(26)10-23-16/h2-4,6-7,10-12,14,17-18H,5,8-9H2,1H3,(H,24,28)(H,25,30). The highest BCUT2D eigenvalue weighted by molar-refractivity contribution is 9.14. The monoisotopic (exact) mass is 519 g/mol. The Morgan fingerprint density at radius 1 is 1.25 bits per heavy atom. The lowest BCUT2D eigenvalue weighted by atomic mass is 10.0. The minimum Gasteiger partial charge on any atom is -0.453 e. The number of thioether (sulfide) groups is 1. The zero-order valence-electron chi connectivity index (χ0n) is 17.2. The van der Waals surface area contributed by atoms with Gasteiger partial charge in [-0.2, -0.15) is 0 Å². The number of amides is 3. The van der Waals surface area contributed by atoms with Crippen LogP contribution >= 0.6 is 27.7 Å². The molecule has 0 radical (unpaired) electrons. The molecule has 3 aliphatic rings. The first kappa shape index (κ1) is 22.4. The number of hydrogen-bond acceptors (Lipinski definition) is 7. The number of fused-ring (bicyclic) bond motifs is 1.